The predicted octanol–water partition coefficient (Wildman–Crippen LogP) is 1.48. The molecule has 0 bridgehead atoms. The third kappa shape index (κ3) is 3.30. The molecule has 0 atom stereocenters. The quantitative estimate of drug-likeness (QED) is 0.828. The van der Waals surface area contributed by atoms with Crippen molar-refractivity contribution < 1.29 is 8.42 Å². The van der Waals surface area contributed by atoms with Gasteiger partial charge in [-0.3, -0.25) is 0 Å². The fraction of sp³-hybridized carbons (Fsp3) is 0.400. The second kappa shape index (κ2) is 5.98. The van der Waals surface area contributed by atoms with Gasteiger partial charge in [0.2, 0.25) is 10.0 Å². The van der Waals surface area contributed by atoms with Gasteiger partial charge in [-0.05, 0) is 29.0 Å². The highest BCUT2D eigenvalue weighted by molar-refractivity contribution is 9.11. The van der Waals surface area contributed by atoms with E-state index in [-0.39, 0.29) is 11.4 Å². The first-order valence-corrected chi connectivity index (χ1v) is 7.81. The van der Waals surface area contributed by atoms with E-state index >= 15 is 0 Å². The first-order valence-electron chi connectivity index (χ1n) is 4.76. The van der Waals surface area contributed by atoms with Crippen molar-refractivity contribution in [2.45, 2.75) is 11.4 Å². The van der Waals surface area contributed by atoms with Crippen molar-refractivity contribution >= 4 is 37.3 Å². The monoisotopic (exact) mass is 336 g/mol. The van der Waals surface area contributed by atoms with E-state index in [0.717, 1.165) is 9.18 Å². The molecule has 0 aliphatic heterocycles. The van der Waals surface area contributed by atoms with Crippen molar-refractivity contribution in [1.82, 2.24) is 9.62 Å². The van der Waals surface area contributed by atoms with Crippen molar-refractivity contribution in [1.29, 1.82) is 0 Å². The molecule has 7 heteroatoms. The van der Waals surface area contributed by atoms with Gasteiger partial charge in [0.05, 0.1) is 10.3 Å². The van der Waals surface area contributed by atoms with Crippen LogP contribution in [0.2, 0.25) is 0 Å². The van der Waals surface area contributed by atoms with Crippen molar-refractivity contribution in [2.75, 3.05) is 20.6 Å². The predicted molar refractivity (Wildman–Crippen MR) is 73.4 cm³/mol. The molecule has 0 saturated heterocycles. The smallest absolute Gasteiger partial charge is 0.245 e. The molecule has 1 rings (SSSR count). The van der Waals surface area contributed by atoms with Crippen molar-refractivity contribution in [3.8, 4) is 12.3 Å². The maximum atomic E-state index is 12.1. The molecule has 0 aromatic carbocycles. The lowest BCUT2D eigenvalue weighted by Gasteiger charge is -2.13. The zero-order valence-corrected chi connectivity index (χ0v) is 12.7. The largest absolute Gasteiger partial charge is 0.315 e. The molecule has 0 unspecified atom stereocenters. The topological polar surface area (TPSA) is 49.4 Å². The van der Waals surface area contributed by atoms with E-state index in [1.807, 2.05) is 7.05 Å². The summed E-state index contributed by atoms with van der Waals surface area (Å²) in [4.78, 5) is 1.22. The normalized spacial score (nSPS) is 11.7. The Kier molecular flexibility index (Phi) is 5.16. The highest BCUT2D eigenvalue weighted by Crippen LogP contribution is 2.33. The summed E-state index contributed by atoms with van der Waals surface area (Å²) in [6, 6.07) is 1.66. The van der Waals surface area contributed by atoms with Crippen LogP contribution in [0.4, 0.5) is 0 Å². The summed E-state index contributed by atoms with van der Waals surface area (Å²) in [7, 11) is -0.222. The van der Waals surface area contributed by atoms with E-state index in [2.05, 4.69) is 27.2 Å². The molecule has 0 aliphatic carbocycles. The van der Waals surface area contributed by atoms with Gasteiger partial charge in [0.1, 0.15) is 4.90 Å². The van der Waals surface area contributed by atoms with Crippen LogP contribution in [-0.2, 0) is 16.6 Å². The molecule has 0 fully saturated rings. The Bertz CT molecular complexity index is 531. The van der Waals surface area contributed by atoms with E-state index in [9.17, 15) is 8.42 Å². The van der Waals surface area contributed by atoms with Gasteiger partial charge in [-0.1, -0.05) is 5.92 Å². The third-order valence-corrected chi connectivity index (χ3v) is 6.12. The molecule has 0 amide bonds. The van der Waals surface area contributed by atoms with Crippen LogP contribution >= 0.6 is 27.3 Å². The average molecular weight is 337 g/mol. The average Bonchev–Trinajstić information content (AvgIpc) is 2.61. The summed E-state index contributed by atoms with van der Waals surface area (Å²) >= 11 is 4.67. The molecular weight excluding hydrogens is 324 g/mol. The maximum absolute atomic E-state index is 12.1. The lowest BCUT2D eigenvalue weighted by atomic mass is 10.5. The fourth-order valence-electron chi connectivity index (χ4n) is 1.22. The molecular formula is C10H13BrN2O2S2. The zero-order valence-electron chi connectivity index (χ0n) is 9.53. The van der Waals surface area contributed by atoms with Crippen molar-refractivity contribution in [3.63, 3.8) is 0 Å². The van der Waals surface area contributed by atoms with Crippen LogP contribution in [-0.4, -0.2) is 33.4 Å². The number of thiophene rings is 1. The summed E-state index contributed by atoms with van der Waals surface area (Å²) < 4.78 is 26.1. The van der Waals surface area contributed by atoms with Gasteiger partial charge in [-0.2, -0.15) is 4.31 Å². The van der Waals surface area contributed by atoms with Crippen LogP contribution in [0.1, 0.15) is 4.88 Å². The van der Waals surface area contributed by atoms with E-state index < -0.39 is 10.0 Å². The molecule has 4 nitrogen and oxygen atoms in total. The molecule has 0 radical (unpaired) electrons. The van der Waals surface area contributed by atoms with Crippen molar-refractivity contribution in [2.24, 2.45) is 0 Å². The molecule has 0 aliphatic rings. The summed E-state index contributed by atoms with van der Waals surface area (Å²) in [6.45, 7) is 0.698. The van der Waals surface area contributed by atoms with Gasteiger partial charge in [0.15, 0.2) is 0 Å². The number of terminal acetylenes is 1. The highest BCUT2D eigenvalue weighted by atomic mass is 79.9. The Morgan fingerprint density at radius 1 is 1.65 bits per heavy atom. The number of nitrogens with one attached hydrogen (secondary N) is 1. The number of hydrogen-bond acceptors (Lipinski definition) is 4. The standard InChI is InChI=1S/C10H13BrN2O2S2/c1-4-5-13(3)17(14,15)9-6-8(7-12-2)16-10(9)11/h1,6,12H,5,7H2,2-3H3. The molecule has 17 heavy (non-hydrogen) atoms. The molecule has 1 N–H and O–H groups in total. The summed E-state index contributed by atoms with van der Waals surface area (Å²) in [5.74, 6) is 2.32. The summed E-state index contributed by atoms with van der Waals surface area (Å²) in [5, 5.41) is 2.98. The van der Waals surface area contributed by atoms with E-state index in [4.69, 9.17) is 6.42 Å². The second-order valence-corrected chi connectivity index (χ2v) is 7.81. The van der Waals surface area contributed by atoms with Crippen LogP contribution in [0.3, 0.4) is 0 Å². The van der Waals surface area contributed by atoms with Crippen LogP contribution in [0.5, 0.6) is 0 Å². The lowest BCUT2D eigenvalue weighted by Crippen LogP contribution is -2.27. The Labute approximate surface area is 114 Å². The molecule has 0 spiro atoms. The number of nitrogens with zero attached hydrogens (tertiary/aromatic N) is 1. The van der Waals surface area contributed by atoms with Crippen LogP contribution in [0.15, 0.2) is 14.7 Å². The van der Waals surface area contributed by atoms with E-state index in [1.54, 1.807) is 6.07 Å². The van der Waals surface area contributed by atoms with Crippen molar-refractivity contribution in [3.05, 3.63) is 14.7 Å². The molecule has 1 aromatic heterocycles. The van der Waals surface area contributed by atoms with Gasteiger partial charge in [-0.15, -0.1) is 17.8 Å². The molecule has 1 heterocycles. The summed E-state index contributed by atoms with van der Waals surface area (Å²) in [5.41, 5.74) is 0. The van der Waals surface area contributed by atoms with Gasteiger partial charge >= 0.3 is 0 Å². The Hall–Kier alpha value is -0.390. The fourth-order valence-corrected chi connectivity index (χ4v) is 4.94. The minimum Gasteiger partial charge on any atom is -0.315 e. The minimum atomic E-state index is -3.50. The van der Waals surface area contributed by atoms with Gasteiger partial charge in [0.25, 0.3) is 0 Å². The van der Waals surface area contributed by atoms with Gasteiger partial charge in [-0.25, -0.2) is 8.42 Å². The number of hydrogen-bond donors (Lipinski definition) is 1. The van der Waals surface area contributed by atoms with Crippen LogP contribution in [0.25, 0.3) is 0 Å². The van der Waals surface area contributed by atoms with E-state index in [0.29, 0.717) is 10.3 Å². The molecule has 94 valence electrons. The van der Waals surface area contributed by atoms with Gasteiger partial charge in [0, 0.05) is 18.5 Å². The zero-order chi connectivity index (χ0) is 13.1. The number of sulfonamides is 1. The maximum Gasteiger partial charge on any atom is 0.245 e. The Balaban J connectivity index is 3.11. The second-order valence-electron chi connectivity index (χ2n) is 3.35. The Morgan fingerprint density at radius 3 is 2.82 bits per heavy atom. The highest BCUT2D eigenvalue weighted by Gasteiger charge is 2.24. The SMILES string of the molecule is C#CCN(C)S(=O)(=O)c1cc(CNC)sc1Br. The van der Waals surface area contributed by atoms with E-state index in [1.165, 1.54) is 18.4 Å². The minimum absolute atomic E-state index is 0.0615. The van der Waals surface area contributed by atoms with Crippen LogP contribution < -0.4 is 5.32 Å². The molecule has 0 saturated carbocycles. The molecule has 1 aromatic rings. The number of rotatable bonds is 5. The Morgan fingerprint density at radius 2 is 2.29 bits per heavy atom. The third-order valence-electron chi connectivity index (χ3n) is 2.06. The lowest BCUT2D eigenvalue weighted by molar-refractivity contribution is 0.503. The van der Waals surface area contributed by atoms with Gasteiger partial charge < -0.3 is 5.32 Å². The summed E-state index contributed by atoms with van der Waals surface area (Å²) in [6.07, 6.45) is 5.12. The first kappa shape index (κ1) is 14.7. The first-order chi connectivity index (χ1) is 7.93. The van der Waals surface area contributed by atoms with Crippen LogP contribution in [0, 0.1) is 12.3 Å². The number of halogens is 1.